The molecular formula is C7H14ClNO2S. The van der Waals surface area contributed by atoms with Gasteiger partial charge in [-0.1, -0.05) is 6.92 Å². The van der Waals surface area contributed by atoms with E-state index in [0.717, 1.165) is 12.2 Å². The van der Waals surface area contributed by atoms with Crippen molar-refractivity contribution in [3.63, 3.8) is 0 Å². The highest BCUT2D eigenvalue weighted by Gasteiger charge is 2.28. The first-order chi connectivity index (χ1) is 5.27. The van der Waals surface area contributed by atoms with Crippen LogP contribution in [0.3, 0.4) is 0 Å². The summed E-state index contributed by atoms with van der Waals surface area (Å²) in [6.07, 6.45) is 1.05. The Morgan fingerprint density at radius 1 is 1.75 bits per heavy atom. The maximum Gasteiger partial charge on any atom is 0.323 e. The molecule has 3 nitrogen and oxygen atoms in total. The summed E-state index contributed by atoms with van der Waals surface area (Å²) in [5, 5.41) is 3.61. The van der Waals surface area contributed by atoms with Gasteiger partial charge in [-0.2, -0.15) is 0 Å². The van der Waals surface area contributed by atoms with Gasteiger partial charge in [0.1, 0.15) is 6.04 Å². The summed E-state index contributed by atoms with van der Waals surface area (Å²) < 4.78 is 4.61. The van der Waals surface area contributed by atoms with Crippen LogP contribution < -0.4 is 5.32 Å². The van der Waals surface area contributed by atoms with Crippen molar-refractivity contribution in [2.75, 3.05) is 12.9 Å². The minimum absolute atomic E-state index is 0. The Morgan fingerprint density at radius 3 is 2.83 bits per heavy atom. The molecule has 0 aromatic carbocycles. The van der Waals surface area contributed by atoms with E-state index in [9.17, 15) is 4.79 Å². The molecule has 1 aliphatic rings. The SMILES string of the molecule is CCC1NC(C(=O)OC)CS1.Cl. The number of carbonyl (C=O) groups excluding carboxylic acids is 1. The summed E-state index contributed by atoms with van der Waals surface area (Å²) in [6.45, 7) is 2.10. The van der Waals surface area contributed by atoms with Crippen molar-refractivity contribution in [1.29, 1.82) is 0 Å². The second kappa shape index (κ2) is 5.67. The van der Waals surface area contributed by atoms with Crippen molar-refractivity contribution in [3.05, 3.63) is 0 Å². The highest BCUT2D eigenvalue weighted by molar-refractivity contribution is 8.00. The van der Waals surface area contributed by atoms with Crippen LogP contribution in [0.1, 0.15) is 13.3 Å². The molecule has 1 fully saturated rings. The van der Waals surface area contributed by atoms with Crippen molar-refractivity contribution < 1.29 is 9.53 Å². The van der Waals surface area contributed by atoms with Crippen LogP contribution in [-0.2, 0) is 9.53 Å². The lowest BCUT2D eigenvalue weighted by atomic mass is 10.3. The van der Waals surface area contributed by atoms with Crippen molar-refractivity contribution >= 4 is 30.1 Å². The van der Waals surface area contributed by atoms with Crippen LogP contribution in [0.4, 0.5) is 0 Å². The van der Waals surface area contributed by atoms with Crippen LogP contribution >= 0.6 is 24.2 Å². The Morgan fingerprint density at radius 2 is 2.42 bits per heavy atom. The van der Waals surface area contributed by atoms with Gasteiger partial charge in [0.2, 0.25) is 0 Å². The highest BCUT2D eigenvalue weighted by Crippen LogP contribution is 2.21. The summed E-state index contributed by atoms with van der Waals surface area (Å²) in [6, 6.07) is -0.0880. The smallest absolute Gasteiger partial charge is 0.323 e. The number of thioether (sulfide) groups is 1. The Labute approximate surface area is 83.0 Å². The minimum atomic E-state index is -0.145. The van der Waals surface area contributed by atoms with E-state index in [-0.39, 0.29) is 24.4 Å². The molecule has 72 valence electrons. The normalized spacial score (nSPS) is 27.8. The van der Waals surface area contributed by atoms with Crippen molar-refractivity contribution in [2.24, 2.45) is 0 Å². The molecule has 5 heteroatoms. The highest BCUT2D eigenvalue weighted by atomic mass is 35.5. The van der Waals surface area contributed by atoms with Gasteiger partial charge in [0.05, 0.1) is 12.5 Å². The topological polar surface area (TPSA) is 38.3 Å². The van der Waals surface area contributed by atoms with Crippen LogP contribution in [-0.4, -0.2) is 30.2 Å². The van der Waals surface area contributed by atoms with E-state index in [2.05, 4.69) is 17.0 Å². The van der Waals surface area contributed by atoms with Crippen molar-refractivity contribution in [2.45, 2.75) is 24.8 Å². The fourth-order valence-electron chi connectivity index (χ4n) is 1.05. The van der Waals surface area contributed by atoms with E-state index in [1.165, 1.54) is 7.11 Å². The molecule has 0 amide bonds. The zero-order valence-corrected chi connectivity index (χ0v) is 8.83. The number of ether oxygens (including phenoxy) is 1. The first-order valence-electron chi connectivity index (χ1n) is 3.73. The number of carbonyl (C=O) groups is 1. The number of rotatable bonds is 2. The average Bonchev–Trinajstić information content (AvgIpc) is 2.50. The molecule has 0 bridgehead atoms. The standard InChI is InChI=1S/C7H13NO2S.ClH/c1-3-6-8-5(4-11-6)7(9)10-2;/h5-6,8H,3-4H2,1-2H3;1H. The first kappa shape index (κ1) is 12.1. The predicted molar refractivity (Wildman–Crippen MR) is 52.7 cm³/mol. The molecule has 12 heavy (non-hydrogen) atoms. The van der Waals surface area contributed by atoms with Crippen molar-refractivity contribution in [3.8, 4) is 0 Å². The second-order valence-electron chi connectivity index (χ2n) is 2.47. The van der Waals surface area contributed by atoms with Gasteiger partial charge in [-0.25, -0.2) is 0 Å². The van der Waals surface area contributed by atoms with E-state index in [1.54, 1.807) is 11.8 Å². The molecule has 0 spiro atoms. The molecule has 0 radical (unpaired) electrons. The Kier molecular flexibility index (Phi) is 5.70. The molecule has 1 rings (SSSR count). The third-order valence-corrected chi connectivity index (χ3v) is 3.11. The molecule has 2 atom stereocenters. The van der Waals surface area contributed by atoms with Gasteiger partial charge < -0.3 is 4.74 Å². The molecule has 0 saturated carbocycles. The molecule has 2 unspecified atom stereocenters. The molecule has 1 saturated heterocycles. The monoisotopic (exact) mass is 211 g/mol. The lowest BCUT2D eigenvalue weighted by Crippen LogP contribution is -2.37. The van der Waals surface area contributed by atoms with Crippen molar-refractivity contribution in [1.82, 2.24) is 5.32 Å². The van der Waals surface area contributed by atoms with Gasteiger partial charge in [-0.3, -0.25) is 10.1 Å². The van der Waals surface area contributed by atoms with Crippen LogP contribution in [0.25, 0.3) is 0 Å². The maximum atomic E-state index is 11.0. The van der Waals surface area contributed by atoms with E-state index >= 15 is 0 Å². The molecule has 0 aromatic heterocycles. The van der Waals surface area contributed by atoms with Crippen LogP contribution in [0.5, 0.6) is 0 Å². The Bertz CT molecular complexity index is 156. The van der Waals surface area contributed by atoms with Crippen LogP contribution in [0.15, 0.2) is 0 Å². The molecule has 0 aliphatic carbocycles. The molecule has 1 N–H and O–H groups in total. The van der Waals surface area contributed by atoms with Gasteiger partial charge in [-0.15, -0.1) is 24.2 Å². The number of methoxy groups -OCH3 is 1. The van der Waals surface area contributed by atoms with E-state index < -0.39 is 0 Å². The Hall–Kier alpha value is 0.0700. The second-order valence-corrected chi connectivity index (χ2v) is 3.71. The van der Waals surface area contributed by atoms with E-state index in [4.69, 9.17) is 0 Å². The summed E-state index contributed by atoms with van der Waals surface area (Å²) in [5.41, 5.74) is 0. The third kappa shape index (κ3) is 2.84. The first-order valence-corrected chi connectivity index (χ1v) is 4.78. The fourth-order valence-corrected chi connectivity index (χ4v) is 2.20. The number of hydrogen-bond donors (Lipinski definition) is 1. The summed E-state index contributed by atoms with van der Waals surface area (Å²) in [4.78, 5) is 11.0. The zero-order valence-electron chi connectivity index (χ0n) is 7.20. The summed E-state index contributed by atoms with van der Waals surface area (Å²) in [5.74, 6) is 0.694. The fraction of sp³-hybridized carbons (Fsp3) is 0.857. The number of hydrogen-bond acceptors (Lipinski definition) is 4. The van der Waals surface area contributed by atoms with Gasteiger partial charge in [0, 0.05) is 5.75 Å². The lowest BCUT2D eigenvalue weighted by Gasteiger charge is -2.08. The number of esters is 1. The average molecular weight is 212 g/mol. The number of nitrogens with one attached hydrogen (secondary N) is 1. The molecule has 0 aromatic rings. The lowest BCUT2D eigenvalue weighted by molar-refractivity contribution is -0.142. The van der Waals surface area contributed by atoms with Crippen LogP contribution in [0.2, 0.25) is 0 Å². The quantitative estimate of drug-likeness (QED) is 0.693. The zero-order chi connectivity index (χ0) is 8.27. The maximum absolute atomic E-state index is 11.0. The molecule has 1 aliphatic heterocycles. The van der Waals surface area contributed by atoms with Gasteiger partial charge >= 0.3 is 5.97 Å². The predicted octanol–water partition coefficient (Wildman–Crippen LogP) is 1.02. The Balaban J connectivity index is 0.00000121. The molecular weight excluding hydrogens is 198 g/mol. The largest absolute Gasteiger partial charge is 0.468 e. The van der Waals surface area contributed by atoms with Gasteiger partial charge in [0.15, 0.2) is 0 Å². The summed E-state index contributed by atoms with van der Waals surface area (Å²) in [7, 11) is 1.42. The van der Waals surface area contributed by atoms with Crippen LogP contribution in [0, 0.1) is 0 Å². The van der Waals surface area contributed by atoms with E-state index in [0.29, 0.717) is 5.37 Å². The minimum Gasteiger partial charge on any atom is -0.468 e. The summed E-state index contributed by atoms with van der Waals surface area (Å²) >= 11 is 1.78. The van der Waals surface area contributed by atoms with Gasteiger partial charge in [0.25, 0.3) is 0 Å². The van der Waals surface area contributed by atoms with Gasteiger partial charge in [-0.05, 0) is 6.42 Å². The van der Waals surface area contributed by atoms with E-state index in [1.807, 2.05) is 0 Å². The number of halogens is 1. The molecule has 1 heterocycles. The third-order valence-electron chi connectivity index (χ3n) is 1.71.